The van der Waals surface area contributed by atoms with E-state index in [4.69, 9.17) is 4.74 Å². The number of carbonyl (C=O) groups excluding carboxylic acids is 2. The second kappa shape index (κ2) is 8.92. The lowest BCUT2D eigenvalue weighted by Gasteiger charge is -2.17. The highest BCUT2D eigenvalue weighted by Crippen LogP contribution is 2.25. The molecular formula is C20H20N2O3S2. The van der Waals surface area contributed by atoms with Crippen LogP contribution in [0.15, 0.2) is 46.5 Å². The normalized spacial score (nSPS) is 10.6. The van der Waals surface area contributed by atoms with Crippen molar-refractivity contribution in [3.8, 4) is 10.6 Å². The minimum atomic E-state index is -0.450. The van der Waals surface area contributed by atoms with Crippen molar-refractivity contribution in [1.29, 1.82) is 0 Å². The van der Waals surface area contributed by atoms with Gasteiger partial charge in [-0.15, -0.1) is 11.3 Å². The van der Waals surface area contributed by atoms with Crippen LogP contribution in [0.2, 0.25) is 0 Å². The van der Waals surface area contributed by atoms with E-state index in [1.807, 2.05) is 53.4 Å². The molecular weight excluding hydrogens is 380 g/mol. The number of benzene rings is 1. The second-order valence-electron chi connectivity index (χ2n) is 6.23. The molecule has 0 unspecified atom stereocenters. The van der Waals surface area contributed by atoms with Crippen molar-refractivity contribution < 1.29 is 14.3 Å². The Bertz CT molecular complexity index is 902. The van der Waals surface area contributed by atoms with Gasteiger partial charge in [-0.3, -0.25) is 9.59 Å². The number of likely N-dealkylation sites (N-methyl/N-ethyl adjacent to an activating group) is 1. The third-order valence-electron chi connectivity index (χ3n) is 3.97. The van der Waals surface area contributed by atoms with Gasteiger partial charge in [0.05, 0.1) is 12.1 Å². The number of aryl methyl sites for hydroxylation is 1. The van der Waals surface area contributed by atoms with Crippen LogP contribution in [-0.4, -0.2) is 35.4 Å². The fourth-order valence-electron chi connectivity index (χ4n) is 2.41. The van der Waals surface area contributed by atoms with Crippen LogP contribution >= 0.6 is 22.7 Å². The molecule has 3 rings (SSSR count). The zero-order valence-electron chi connectivity index (χ0n) is 15.2. The monoisotopic (exact) mass is 400 g/mol. The minimum Gasteiger partial charge on any atom is -0.455 e. The Kier molecular flexibility index (Phi) is 6.36. The Hall–Kier alpha value is -2.51. The Morgan fingerprint density at radius 1 is 1.15 bits per heavy atom. The summed E-state index contributed by atoms with van der Waals surface area (Å²) < 4.78 is 5.12. The molecule has 0 spiro atoms. The first-order valence-electron chi connectivity index (χ1n) is 8.43. The summed E-state index contributed by atoms with van der Waals surface area (Å²) in [5.74, 6) is -0.685. The van der Waals surface area contributed by atoms with Gasteiger partial charge in [0.2, 0.25) is 0 Å². The number of carbonyl (C=O) groups is 2. The summed E-state index contributed by atoms with van der Waals surface area (Å²) in [5, 5.41) is 6.74. The van der Waals surface area contributed by atoms with Crippen LogP contribution in [0.1, 0.15) is 16.8 Å². The zero-order chi connectivity index (χ0) is 19.2. The molecule has 0 bridgehead atoms. The van der Waals surface area contributed by atoms with Gasteiger partial charge in [0.15, 0.2) is 6.61 Å². The molecule has 1 aromatic carbocycles. The van der Waals surface area contributed by atoms with Gasteiger partial charge in [-0.05, 0) is 23.9 Å². The first kappa shape index (κ1) is 19.3. The average Bonchev–Trinajstić information content (AvgIpc) is 3.33. The van der Waals surface area contributed by atoms with Crippen molar-refractivity contribution in [1.82, 2.24) is 9.88 Å². The minimum absolute atomic E-state index is 0.0651. The Morgan fingerprint density at radius 3 is 2.63 bits per heavy atom. The van der Waals surface area contributed by atoms with Crippen LogP contribution in [0.5, 0.6) is 0 Å². The third-order valence-corrected chi connectivity index (χ3v) is 5.59. The van der Waals surface area contributed by atoms with Crippen molar-refractivity contribution in [2.24, 2.45) is 0 Å². The maximum absolute atomic E-state index is 12.2. The molecule has 140 valence electrons. The van der Waals surface area contributed by atoms with Gasteiger partial charge in [0.25, 0.3) is 5.91 Å². The molecule has 0 atom stereocenters. The molecule has 0 N–H and O–H groups in total. The maximum Gasteiger partial charge on any atom is 0.312 e. The topological polar surface area (TPSA) is 59.5 Å². The van der Waals surface area contributed by atoms with Crippen molar-refractivity contribution in [3.05, 3.63) is 63.3 Å². The summed E-state index contributed by atoms with van der Waals surface area (Å²) in [6.45, 7) is 2.24. The van der Waals surface area contributed by atoms with Crippen molar-refractivity contribution >= 4 is 34.6 Å². The van der Waals surface area contributed by atoms with Gasteiger partial charge < -0.3 is 9.64 Å². The Morgan fingerprint density at radius 2 is 1.93 bits per heavy atom. The van der Waals surface area contributed by atoms with Crippen LogP contribution in [0.25, 0.3) is 10.6 Å². The average molecular weight is 401 g/mol. The molecule has 0 saturated heterocycles. The van der Waals surface area contributed by atoms with Gasteiger partial charge in [-0.1, -0.05) is 29.8 Å². The van der Waals surface area contributed by atoms with Crippen LogP contribution in [-0.2, 0) is 27.3 Å². The van der Waals surface area contributed by atoms with E-state index in [1.165, 1.54) is 16.9 Å². The number of ether oxygens (including phenoxy) is 1. The highest BCUT2D eigenvalue weighted by Gasteiger charge is 2.14. The quantitative estimate of drug-likeness (QED) is 0.564. The number of thiophene rings is 1. The molecule has 2 heterocycles. The fourth-order valence-corrected chi connectivity index (χ4v) is 3.95. The van der Waals surface area contributed by atoms with Crippen molar-refractivity contribution in [2.45, 2.75) is 19.9 Å². The Balaban J connectivity index is 1.45. The zero-order valence-corrected chi connectivity index (χ0v) is 16.8. The summed E-state index contributed by atoms with van der Waals surface area (Å²) in [7, 11) is 1.70. The van der Waals surface area contributed by atoms with E-state index in [0.717, 1.165) is 16.1 Å². The van der Waals surface area contributed by atoms with E-state index in [9.17, 15) is 9.59 Å². The first-order valence-corrected chi connectivity index (χ1v) is 10.3. The number of nitrogens with zero attached hydrogens (tertiary/aromatic N) is 2. The number of esters is 1. The summed E-state index contributed by atoms with van der Waals surface area (Å²) in [5.41, 5.74) is 3.92. The van der Waals surface area contributed by atoms with Gasteiger partial charge >= 0.3 is 5.97 Å². The van der Waals surface area contributed by atoms with Gasteiger partial charge in [-0.2, -0.15) is 11.3 Å². The lowest BCUT2D eigenvalue weighted by Crippen LogP contribution is -2.31. The van der Waals surface area contributed by atoms with E-state index < -0.39 is 5.97 Å². The predicted octanol–water partition coefficient (Wildman–Crippen LogP) is 3.92. The van der Waals surface area contributed by atoms with Crippen LogP contribution in [0, 0.1) is 6.92 Å². The molecule has 1 amide bonds. The van der Waals surface area contributed by atoms with Gasteiger partial charge in [0.1, 0.15) is 5.01 Å². The SMILES string of the molecule is Cc1ccc(CN(C)C(=O)COC(=O)Cc2csc(-c3ccsc3)n2)cc1. The summed E-state index contributed by atoms with van der Waals surface area (Å²) in [4.78, 5) is 30.2. The summed E-state index contributed by atoms with van der Waals surface area (Å²) >= 11 is 3.10. The van der Waals surface area contributed by atoms with E-state index >= 15 is 0 Å². The summed E-state index contributed by atoms with van der Waals surface area (Å²) in [6, 6.07) is 9.97. The molecule has 27 heavy (non-hydrogen) atoms. The van der Waals surface area contributed by atoms with Crippen LogP contribution in [0.4, 0.5) is 0 Å². The predicted molar refractivity (Wildman–Crippen MR) is 108 cm³/mol. The highest BCUT2D eigenvalue weighted by atomic mass is 32.1. The molecule has 7 heteroatoms. The van der Waals surface area contributed by atoms with Crippen molar-refractivity contribution in [2.75, 3.05) is 13.7 Å². The second-order valence-corrected chi connectivity index (χ2v) is 7.87. The van der Waals surface area contributed by atoms with Crippen molar-refractivity contribution in [3.63, 3.8) is 0 Å². The number of thiazole rings is 1. The largest absolute Gasteiger partial charge is 0.455 e. The molecule has 0 aliphatic rings. The first-order chi connectivity index (χ1) is 13.0. The molecule has 0 fully saturated rings. The molecule has 0 aliphatic carbocycles. The lowest BCUT2D eigenvalue weighted by atomic mass is 10.1. The fraction of sp³-hybridized carbons (Fsp3) is 0.250. The number of aromatic nitrogens is 1. The highest BCUT2D eigenvalue weighted by molar-refractivity contribution is 7.14. The molecule has 5 nitrogen and oxygen atoms in total. The van der Waals surface area contributed by atoms with Gasteiger partial charge in [0, 0.05) is 29.9 Å². The van der Waals surface area contributed by atoms with E-state index in [-0.39, 0.29) is 18.9 Å². The summed E-state index contributed by atoms with van der Waals surface area (Å²) in [6.07, 6.45) is 0.0651. The third kappa shape index (κ3) is 5.48. The molecule has 0 aliphatic heterocycles. The number of rotatable bonds is 7. The molecule has 0 saturated carbocycles. The maximum atomic E-state index is 12.2. The smallest absolute Gasteiger partial charge is 0.312 e. The van der Waals surface area contributed by atoms with E-state index in [2.05, 4.69) is 4.98 Å². The molecule has 3 aromatic rings. The lowest BCUT2D eigenvalue weighted by molar-refractivity contribution is -0.151. The number of hydrogen-bond donors (Lipinski definition) is 0. The van der Waals surface area contributed by atoms with E-state index in [0.29, 0.717) is 12.2 Å². The van der Waals surface area contributed by atoms with Crippen LogP contribution in [0.3, 0.4) is 0 Å². The Labute approximate surface area is 166 Å². The van der Waals surface area contributed by atoms with E-state index in [1.54, 1.807) is 23.3 Å². The molecule has 0 radical (unpaired) electrons. The standard InChI is InChI=1S/C20H20N2O3S2/c1-14-3-5-15(6-4-14)10-22(2)18(23)11-25-19(24)9-17-13-27-20(21-17)16-7-8-26-12-16/h3-8,12-13H,9-11H2,1-2H3. The van der Waals surface area contributed by atoms with Gasteiger partial charge in [-0.25, -0.2) is 4.98 Å². The number of amides is 1. The molecule has 2 aromatic heterocycles. The number of hydrogen-bond acceptors (Lipinski definition) is 6. The van der Waals surface area contributed by atoms with Crippen LogP contribution < -0.4 is 0 Å².